The summed E-state index contributed by atoms with van der Waals surface area (Å²) in [5.41, 5.74) is 1.50. The molecule has 0 heterocycles. The van der Waals surface area contributed by atoms with Crippen LogP contribution in [-0.2, 0) is 22.4 Å². The molecule has 0 unspecified atom stereocenters. The van der Waals surface area contributed by atoms with Crippen molar-refractivity contribution in [3.05, 3.63) is 71.3 Å². The van der Waals surface area contributed by atoms with Gasteiger partial charge in [-0.1, -0.05) is 12.1 Å². The van der Waals surface area contributed by atoms with Crippen molar-refractivity contribution in [2.75, 3.05) is 39.1 Å². The van der Waals surface area contributed by atoms with Crippen molar-refractivity contribution >= 4 is 29.2 Å². The monoisotopic (exact) mass is 507 g/mol. The highest BCUT2D eigenvalue weighted by molar-refractivity contribution is 5.98. The fourth-order valence-corrected chi connectivity index (χ4v) is 3.65. The Balaban J connectivity index is 1.73. The molecule has 3 aromatic rings. The molecule has 10 nitrogen and oxygen atoms in total. The molecule has 2 N–H and O–H groups in total. The van der Waals surface area contributed by atoms with Crippen LogP contribution in [0.1, 0.15) is 21.5 Å². The number of carboxylic acid groups (broad SMARTS) is 1. The number of nitrogens with one attached hydrogen (secondary N) is 2. The van der Waals surface area contributed by atoms with E-state index in [0.717, 1.165) is 0 Å². The Bertz CT molecular complexity index is 1220. The van der Waals surface area contributed by atoms with Gasteiger partial charge in [0.2, 0.25) is 11.8 Å². The Hall–Kier alpha value is -4.73. The minimum Gasteiger partial charge on any atom is -0.545 e. The third kappa shape index (κ3) is 7.14. The number of anilines is 2. The fraction of sp³-hybridized carbons (Fsp3) is 0.222. The number of carbonyl (C=O) groups is 3. The van der Waals surface area contributed by atoms with Gasteiger partial charge in [0.1, 0.15) is 0 Å². The van der Waals surface area contributed by atoms with Crippen LogP contribution in [0.3, 0.4) is 0 Å². The molecular formula is C27H27N2O8-. The third-order valence-electron chi connectivity index (χ3n) is 5.36. The lowest BCUT2D eigenvalue weighted by molar-refractivity contribution is -0.255. The minimum absolute atomic E-state index is 0.00308. The number of aromatic carboxylic acids is 1. The second kappa shape index (κ2) is 12.3. The molecular weight excluding hydrogens is 480 g/mol. The van der Waals surface area contributed by atoms with Crippen LogP contribution in [0.5, 0.6) is 23.0 Å². The molecule has 0 aliphatic carbocycles. The number of hydrogen-bond donors (Lipinski definition) is 2. The molecule has 0 radical (unpaired) electrons. The van der Waals surface area contributed by atoms with Crippen molar-refractivity contribution in [1.29, 1.82) is 0 Å². The molecule has 0 saturated carbocycles. The molecule has 0 spiro atoms. The quantitative estimate of drug-likeness (QED) is 0.404. The van der Waals surface area contributed by atoms with E-state index < -0.39 is 17.8 Å². The summed E-state index contributed by atoms with van der Waals surface area (Å²) in [7, 11) is 6.01. The molecule has 37 heavy (non-hydrogen) atoms. The molecule has 10 heteroatoms. The molecule has 194 valence electrons. The van der Waals surface area contributed by atoms with E-state index in [1.165, 1.54) is 46.6 Å². The second-order valence-electron chi connectivity index (χ2n) is 7.92. The SMILES string of the molecule is COc1ccc(CC(=O)Nc2cc(NC(=O)Cc3ccc(OC)c(OC)c3)cc(C(=O)[O-])c2)cc1OC. The van der Waals surface area contributed by atoms with Crippen LogP contribution < -0.4 is 34.7 Å². The van der Waals surface area contributed by atoms with Crippen molar-refractivity contribution in [1.82, 2.24) is 0 Å². The molecule has 0 aliphatic heterocycles. The van der Waals surface area contributed by atoms with Crippen LogP contribution in [0, 0.1) is 0 Å². The van der Waals surface area contributed by atoms with E-state index in [2.05, 4.69) is 10.6 Å². The lowest BCUT2D eigenvalue weighted by Crippen LogP contribution is -2.23. The second-order valence-corrected chi connectivity index (χ2v) is 7.92. The summed E-state index contributed by atoms with van der Waals surface area (Å²) >= 11 is 0. The average Bonchev–Trinajstić information content (AvgIpc) is 2.88. The molecule has 0 saturated heterocycles. The zero-order chi connectivity index (χ0) is 26.9. The molecule has 2 amide bonds. The zero-order valence-corrected chi connectivity index (χ0v) is 20.9. The first-order valence-electron chi connectivity index (χ1n) is 11.1. The van der Waals surface area contributed by atoms with Gasteiger partial charge in [-0.2, -0.15) is 0 Å². The smallest absolute Gasteiger partial charge is 0.228 e. The van der Waals surface area contributed by atoms with Gasteiger partial charge in [-0.15, -0.1) is 0 Å². The van der Waals surface area contributed by atoms with Crippen molar-refractivity contribution in [3.8, 4) is 23.0 Å². The molecule has 0 atom stereocenters. The first-order valence-corrected chi connectivity index (χ1v) is 11.1. The van der Waals surface area contributed by atoms with Crippen LogP contribution in [0.25, 0.3) is 0 Å². The van der Waals surface area contributed by atoms with Gasteiger partial charge >= 0.3 is 0 Å². The molecule has 0 bridgehead atoms. The summed E-state index contributed by atoms with van der Waals surface area (Å²) in [5.74, 6) is -0.233. The number of rotatable bonds is 11. The van der Waals surface area contributed by atoms with Gasteiger partial charge in [-0.3, -0.25) is 9.59 Å². The molecule has 3 rings (SSSR count). The van der Waals surface area contributed by atoms with Gasteiger partial charge < -0.3 is 39.5 Å². The maximum absolute atomic E-state index is 12.6. The summed E-state index contributed by atoms with van der Waals surface area (Å²) in [6.07, 6.45) is -0.00615. The van der Waals surface area contributed by atoms with E-state index in [4.69, 9.17) is 18.9 Å². The Morgan fingerprint density at radius 2 is 1.03 bits per heavy atom. The predicted octanol–water partition coefficient (Wildman–Crippen LogP) is 2.45. The van der Waals surface area contributed by atoms with Gasteiger partial charge in [0.05, 0.1) is 47.3 Å². The van der Waals surface area contributed by atoms with Gasteiger partial charge in [-0.05, 0) is 53.6 Å². The van der Waals surface area contributed by atoms with E-state index in [9.17, 15) is 19.5 Å². The van der Waals surface area contributed by atoms with E-state index in [1.54, 1.807) is 36.4 Å². The van der Waals surface area contributed by atoms with Crippen LogP contribution in [0.4, 0.5) is 11.4 Å². The van der Waals surface area contributed by atoms with Crippen molar-refractivity contribution in [2.24, 2.45) is 0 Å². The lowest BCUT2D eigenvalue weighted by Gasteiger charge is -2.14. The van der Waals surface area contributed by atoms with Gasteiger partial charge in [0.15, 0.2) is 23.0 Å². The Kier molecular flexibility index (Phi) is 8.93. The van der Waals surface area contributed by atoms with Crippen LogP contribution >= 0.6 is 0 Å². The van der Waals surface area contributed by atoms with E-state index in [0.29, 0.717) is 34.1 Å². The van der Waals surface area contributed by atoms with Gasteiger partial charge in [-0.25, -0.2) is 0 Å². The number of amides is 2. The van der Waals surface area contributed by atoms with Crippen molar-refractivity contribution in [3.63, 3.8) is 0 Å². The summed E-state index contributed by atoms with van der Waals surface area (Å²) in [6.45, 7) is 0. The fourth-order valence-electron chi connectivity index (χ4n) is 3.65. The highest BCUT2D eigenvalue weighted by Crippen LogP contribution is 2.29. The first-order chi connectivity index (χ1) is 17.8. The lowest BCUT2D eigenvalue weighted by atomic mass is 10.1. The van der Waals surface area contributed by atoms with E-state index in [-0.39, 0.29) is 29.8 Å². The Labute approximate surface area is 214 Å². The minimum atomic E-state index is -1.45. The predicted molar refractivity (Wildman–Crippen MR) is 135 cm³/mol. The first kappa shape index (κ1) is 26.9. The van der Waals surface area contributed by atoms with E-state index >= 15 is 0 Å². The molecule has 0 fully saturated rings. The summed E-state index contributed by atoms with van der Waals surface area (Å²) in [5, 5.41) is 16.9. The van der Waals surface area contributed by atoms with E-state index in [1.807, 2.05) is 0 Å². The van der Waals surface area contributed by atoms with Crippen LogP contribution in [-0.4, -0.2) is 46.2 Å². The summed E-state index contributed by atoms with van der Waals surface area (Å²) in [6, 6.07) is 14.1. The van der Waals surface area contributed by atoms with Crippen molar-refractivity contribution < 1.29 is 38.4 Å². The number of benzene rings is 3. The summed E-state index contributed by atoms with van der Waals surface area (Å²) in [4.78, 5) is 36.8. The van der Waals surface area contributed by atoms with Crippen LogP contribution in [0.15, 0.2) is 54.6 Å². The Morgan fingerprint density at radius 3 is 1.38 bits per heavy atom. The number of ether oxygens (including phenoxy) is 4. The molecule has 0 aromatic heterocycles. The number of methoxy groups -OCH3 is 4. The summed E-state index contributed by atoms with van der Waals surface area (Å²) < 4.78 is 20.9. The highest BCUT2D eigenvalue weighted by Gasteiger charge is 2.13. The maximum Gasteiger partial charge on any atom is 0.228 e. The van der Waals surface area contributed by atoms with Crippen molar-refractivity contribution in [2.45, 2.75) is 12.8 Å². The largest absolute Gasteiger partial charge is 0.545 e. The normalized spacial score (nSPS) is 10.3. The average molecular weight is 508 g/mol. The molecule has 0 aliphatic rings. The Morgan fingerprint density at radius 1 is 0.622 bits per heavy atom. The maximum atomic E-state index is 12.6. The highest BCUT2D eigenvalue weighted by atomic mass is 16.5. The number of carbonyl (C=O) groups excluding carboxylic acids is 3. The number of hydrogen-bond acceptors (Lipinski definition) is 8. The van der Waals surface area contributed by atoms with Gasteiger partial charge in [0, 0.05) is 16.9 Å². The third-order valence-corrected chi connectivity index (χ3v) is 5.36. The molecule has 3 aromatic carbocycles. The topological polar surface area (TPSA) is 135 Å². The standard InChI is InChI=1S/C27H28N2O8/c1-34-21-7-5-16(9-23(21)36-3)11-25(30)28-19-13-18(27(32)33)14-20(15-19)29-26(31)12-17-6-8-22(35-2)24(10-17)37-4/h5-10,13-15H,11-12H2,1-4H3,(H,28,30)(H,29,31)(H,32,33)/p-1. The van der Waals surface area contributed by atoms with Crippen LogP contribution in [0.2, 0.25) is 0 Å². The van der Waals surface area contributed by atoms with Gasteiger partial charge in [0.25, 0.3) is 0 Å². The zero-order valence-electron chi connectivity index (χ0n) is 20.9. The number of carboxylic acids is 1.